The summed E-state index contributed by atoms with van der Waals surface area (Å²) in [6.07, 6.45) is 11.6. The van der Waals surface area contributed by atoms with Gasteiger partial charge in [-0.1, -0.05) is 37.1 Å². The predicted octanol–water partition coefficient (Wildman–Crippen LogP) is 4.31. The number of ketones is 1. The van der Waals surface area contributed by atoms with E-state index in [4.69, 9.17) is 5.41 Å². The van der Waals surface area contributed by atoms with Crippen LogP contribution in [0.4, 0.5) is 0 Å². The van der Waals surface area contributed by atoms with E-state index in [1.54, 1.807) is 22.9 Å². The van der Waals surface area contributed by atoms with Crippen LogP contribution >= 0.6 is 0 Å². The van der Waals surface area contributed by atoms with Crippen molar-refractivity contribution in [2.24, 2.45) is 0 Å². The lowest BCUT2D eigenvalue weighted by molar-refractivity contribution is 0.0995. The minimum atomic E-state index is -0.247. The maximum absolute atomic E-state index is 12.9. The number of aromatic nitrogens is 3. The third-order valence-corrected chi connectivity index (χ3v) is 6.68. The summed E-state index contributed by atoms with van der Waals surface area (Å²) >= 11 is 0. The first-order valence-electron chi connectivity index (χ1n) is 12.0. The third kappa shape index (κ3) is 5.20. The molecule has 0 amide bonds. The largest absolute Gasteiger partial charge is 0.312 e. The molecule has 2 saturated carbocycles. The Morgan fingerprint density at radius 1 is 1.03 bits per heavy atom. The van der Waals surface area contributed by atoms with Gasteiger partial charge in [0.1, 0.15) is 5.69 Å². The Kier molecular flexibility index (Phi) is 6.45. The molecule has 0 radical (unpaired) electrons. The van der Waals surface area contributed by atoms with Gasteiger partial charge < -0.3 is 15.3 Å². The fourth-order valence-electron chi connectivity index (χ4n) is 4.49. The van der Waals surface area contributed by atoms with Gasteiger partial charge in [0.15, 0.2) is 5.78 Å². The number of hydrogen-bond acceptors (Lipinski definition) is 6. The number of hydrogen-bond donors (Lipinski definition) is 2. The molecule has 1 aromatic carbocycles. The second kappa shape index (κ2) is 9.81. The van der Waals surface area contributed by atoms with E-state index in [0.29, 0.717) is 11.7 Å². The first kappa shape index (κ1) is 22.3. The molecule has 3 aromatic rings. The van der Waals surface area contributed by atoms with E-state index in [1.165, 1.54) is 24.6 Å². The summed E-state index contributed by atoms with van der Waals surface area (Å²) in [6.45, 7) is 0.827. The van der Waals surface area contributed by atoms with Crippen LogP contribution in [0.1, 0.15) is 72.6 Å². The predicted molar refractivity (Wildman–Crippen MR) is 131 cm³/mol. The molecule has 7 heteroatoms. The Labute approximate surface area is 198 Å². The third-order valence-electron chi connectivity index (χ3n) is 6.68. The number of pyridine rings is 1. The standard InChI is InChI=1S/C27H29N5O2/c28-23(19-7-5-18(6-8-19)14-30-21-10-11-21)13-26(33)25-16-29-15-24(31-25)20-9-12-27(34)32(17-20)22-3-1-2-4-22/h5-9,12,15-17,21-22,28,30H,1-4,10-11,13-14H2. The van der Waals surface area contributed by atoms with Crippen molar-refractivity contribution >= 4 is 11.5 Å². The van der Waals surface area contributed by atoms with Crippen LogP contribution < -0.4 is 10.9 Å². The second-order valence-corrected chi connectivity index (χ2v) is 9.32. The highest BCUT2D eigenvalue weighted by atomic mass is 16.1. The van der Waals surface area contributed by atoms with Crippen LogP contribution in [0.5, 0.6) is 0 Å². The molecule has 0 aliphatic heterocycles. The molecule has 0 atom stereocenters. The molecular formula is C27H29N5O2. The topological polar surface area (TPSA) is 101 Å². The molecule has 34 heavy (non-hydrogen) atoms. The van der Waals surface area contributed by atoms with Crippen molar-refractivity contribution in [2.45, 2.75) is 63.6 Å². The Bertz CT molecular complexity index is 1250. The summed E-state index contributed by atoms with van der Waals surface area (Å²) in [7, 11) is 0. The van der Waals surface area contributed by atoms with Gasteiger partial charge in [-0.25, -0.2) is 4.98 Å². The summed E-state index contributed by atoms with van der Waals surface area (Å²) in [6, 6.07) is 12.0. The molecule has 174 valence electrons. The van der Waals surface area contributed by atoms with E-state index in [9.17, 15) is 9.59 Å². The lowest BCUT2D eigenvalue weighted by Crippen LogP contribution is -2.22. The Morgan fingerprint density at radius 3 is 2.53 bits per heavy atom. The number of nitrogens with one attached hydrogen (secondary N) is 2. The maximum Gasteiger partial charge on any atom is 0.250 e. The van der Waals surface area contributed by atoms with E-state index in [1.807, 2.05) is 30.5 Å². The number of rotatable bonds is 9. The SMILES string of the molecule is N=C(CC(=O)c1cncc(-c2ccc(=O)n(C3CCCC3)c2)n1)c1ccc(CNC2CC2)cc1. The van der Waals surface area contributed by atoms with Crippen LogP contribution in [-0.2, 0) is 6.54 Å². The van der Waals surface area contributed by atoms with Gasteiger partial charge in [-0.15, -0.1) is 0 Å². The van der Waals surface area contributed by atoms with Gasteiger partial charge in [0.05, 0.1) is 24.5 Å². The fraction of sp³-hybridized carbons (Fsp3) is 0.370. The van der Waals surface area contributed by atoms with Crippen LogP contribution in [0.15, 0.2) is 59.8 Å². The van der Waals surface area contributed by atoms with Gasteiger partial charge in [-0.05, 0) is 42.9 Å². The van der Waals surface area contributed by atoms with Crippen molar-refractivity contribution in [2.75, 3.05) is 0 Å². The van der Waals surface area contributed by atoms with Gasteiger partial charge in [0.25, 0.3) is 5.56 Å². The van der Waals surface area contributed by atoms with E-state index in [0.717, 1.165) is 43.4 Å². The minimum Gasteiger partial charge on any atom is -0.312 e. The first-order chi connectivity index (χ1) is 16.6. The van der Waals surface area contributed by atoms with E-state index in [-0.39, 0.29) is 35.2 Å². The molecule has 2 N–H and O–H groups in total. The number of carbonyl (C=O) groups is 1. The smallest absolute Gasteiger partial charge is 0.250 e. The molecule has 2 aliphatic carbocycles. The van der Waals surface area contributed by atoms with Gasteiger partial charge in [0.2, 0.25) is 0 Å². The molecule has 2 aromatic heterocycles. The maximum atomic E-state index is 12.9. The number of carbonyl (C=O) groups excluding carboxylic acids is 1. The molecule has 0 saturated heterocycles. The lowest BCUT2D eigenvalue weighted by atomic mass is 10.0. The van der Waals surface area contributed by atoms with Crippen molar-refractivity contribution in [1.82, 2.24) is 19.9 Å². The molecule has 0 unspecified atom stereocenters. The molecule has 5 rings (SSSR count). The normalized spacial score (nSPS) is 16.0. The number of Topliss-reactive ketones (excluding diaryl/α,β-unsaturated/α-hetero) is 1. The molecule has 2 fully saturated rings. The van der Waals surface area contributed by atoms with Crippen LogP contribution in [0, 0.1) is 5.41 Å². The van der Waals surface area contributed by atoms with Gasteiger partial charge >= 0.3 is 0 Å². The Hall–Kier alpha value is -3.45. The first-order valence-corrected chi connectivity index (χ1v) is 12.0. The second-order valence-electron chi connectivity index (χ2n) is 9.32. The van der Waals surface area contributed by atoms with Crippen molar-refractivity contribution in [3.63, 3.8) is 0 Å². The van der Waals surface area contributed by atoms with Crippen LogP contribution in [0.3, 0.4) is 0 Å². The zero-order chi connectivity index (χ0) is 23.5. The zero-order valence-electron chi connectivity index (χ0n) is 19.2. The summed E-state index contributed by atoms with van der Waals surface area (Å²) in [5.74, 6) is -0.247. The quantitative estimate of drug-likeness (QED) is 0.370. The highest BCUT2D eigenvalue weighted by Gasteiger charge is 2.20. The average molecular weight is 456 g/mol. The van der Waals surface area contributed by atoms with E-state index >= 15 is 0 Å². The summed E-state index contributed by atoms with van der Waals surface area (Å²) in [4.78, 5) is 34.0. The van der Waals surface area contributed by atoms with Crippen molar-refractivity contribution in [3.05, 3.63) is 82.2 Å². The van der Waals surface area contributed by atoms with Crippen molar-refractivity contribution in [3.8, 4) is 11.3 Å². The molecule has 2 heterocycles. The van der Waals surface area contributed by atoms with E-state index < -0.39 is 0 Å². The number of benzene rings is 1. The molecule has 0 bridgehead atoms. The van der Waals surface area contributed by atoms with E-state index in [2.05, 4.69) is 15.3 Å². The lowest BCUT2D eigenvalue weighted by Gasteiger charge is -2.14. The van der Waals surface area contributed by atoms with Crippen molar-refractivity contribution in [1.29, 1.82) is 5.41 Å². The van der Waals surface area contributed by atoms with Crippen LogP contribution in [0.25, 0.3) is 11.3 Å². The summed E-state index contributed by atoms with van der Waals surface area (Å²) < 4.78 is 1.79. The Balaban J connectivity index is 1.27. The van der Waals surface area contributed by atoms with Gasteiger partial charge in [-0.2, -0.15) is 0 Å². The monoisotopic (exact) mass is 455 g/mol. The summed E-state index contributed by atoms with van der Waals surface area (Å²) in [5.41, 5.74) is 3.69. The molecular weight excluding hydrogens is 426 g/mol. The van der Waals surface area contributed by atoms with Crippen LogP contribution in [0.2, 0.25) is 0 Å². The molecule has 0 spiro atoms. The van der Waals surface area contributed by atoms with Crippen molar-refractivity contribution < 1.29 is 4.79 Å². The summed E-state index contributed by atoms with van der Waals surface area (Å²) in [5, 5.41) is 11.9. The zero-order valence-corrected chi connectivity index (χ0v) is 19.2. The van der Waals surface area contributed by atoms with Gasteiger partial charge in [-0.3, -0.25) is 14.6 Å². The molecule has 7 nitrogen and oxygen atoms in total. The Morgan fingerprint density at radius 2 is 1.79 bits per heavy atom. The minimum absolute atomic E-state index is 0.0152. The van der Waals surface area contributed by atoms with Gasteiger partial charge in [0, 0.05) is 42.2 Å². The molecule has 2 aliphatic rings. The highest BCUT2D eigenvalue weighted by molar-refractivity contribution is 6.14. The number of nitrogens with zero attached hydrogens (tertiary/aromatic N) is 3. The highest BCUT2D eigenvalue weighted by Crippen LogP contribution is 2.29. The average Bonchev–Trinajstić information content (AvgIpc) is 3.54. The fourth-order valence-corrected chi connectivity index (χ4v) is 4.49. The van der Waals surface area contributed by atoms with Crippen LogP contribution in [-0.4, -0.2) is 32.1 Å².